The fourth-order valence-corrected chi connectivity index (χ4v) is 14.9. The van der Waals surface area contributed by atoms with Crippen molar-refractivity contribution in [2.24, 2.45) is 0 Å². The zero-order valence-electron chi connectivity index (χ0n) is 62.1. The highest BCUT2D eigenvalue weighted by Gasteiger charge is 2.62. The van der Waals surface area contributed by atoms with Gasteiger partial charge in [-0.2, -0.15) is 0 Å². The lowest BCUT2D eigenvalue weighted by molar-refractivity contribution is -0.403. The zero-order valence-corrected chi connectivity index (χ0v) is 62.1. The Labute approximate surface area is 651 Å². The fourth-order valence-electron chi connectivity index (χ4n) is 14.9. The number of carbonyl (C=O) groups excluding carboxylic acids is 5. The van der Waals surface area contributed by atoms with Crippen molar-refractivity contribution in [2.45, 2.75) is 311 Å². The fraction of sp³-hybridized carbons (Fsp3) is 0.922. The predicted octanol–water partition coefficient (Wildman–Crippen LogP) is -19.9. The van der Waals surface area contributed by atoms with Crippen molar-refractivity contribution in [3.8, 4) is 0 Å². The van der Waals surface area contributed by atoms with E-state index in [4.69, 9.17) is 80.5 Å². The Morgan fingerprint density at radius 2 is 0.496 bits per heavy atom. The molecule has 0 saturated carbocycles. The number of aliphatic hydroxyl groups is 24. The lowest BCUT2D eigenvalue weighted by atomic mass is 9.93. The van der Waals surface area contributed by atoms with Gasteiger partial charge in [0.15, 0.2) is 56.6 Å². The summed E-state index contributed by atoms with van der Waals surface area (Å²) in [7, 11) is 0. The molecule has 0 bridgehead atoms. The largest absolute Gasteiger partial charge is 0.394 e. The van der Waals surface area contributed by atoms with Crippen molar-refractivity contribution in [3.05, 3.63) is 0 Å². The first-order chi connectivity index (χ1) is 54.4. The van der Waals surface area contributed by atoms with E-state index in [0.29, 0.717) is 0 Å². The minimum Gasteiger partial charge on any atom is -0.394 e. The average molecular weight is 1680 g/mol. The Morgan fingerprint density at radius 1 is 0.226 bits per heavy atom. The van der Waals surface area contributed by atoms with Crippen molar-refractivity contribution in [1.29, 1.82) is 0 Å². The van der Waals surface area contributed by atoms with Crippen LogP contribution >= 0.6 is 0 Å². The topological polar surface area (TPSA) is 788 Å². The summed E-state index contributed by atoms with van der Waals surface area (Å²) in [5, 5.41) is 281. The van der Waals surface area contributed by atoms with E-state index in [2.05, 4.69) is 26.6 Å². The maximum Gasteiger partial charge on any atom is 0.217 e. The minimum atomic E-state index is -2.63. The standard InChI is InChI=1S/C64H107N5O46/c1-15(78)65-29-42(91)49(24(10-74)100-56(29)98)109-60-33(69-19(5)82)43(92)50(25(11-75)105-60)111-63-47(96)53(113-64-55(115-59-32(68-18(4)81)41(90)36(85)22(8-72)103-59)46(95)51(26(12-76)107-64)110-57-30(66-16(2)79)39(88)34(83)20(6-70)101-57)38(87)28(108-63)14-99-61-48(97)54(114-62-45(94)44(93)37(86)23(9-73)104-62)52(27(13-77)106-61)112-58-31(67-17(3)80)40(89)35(84)21(7-71)102-58/h20-64,70-77,83-98H,6-14H2,1-5H3,(H,65,78)(H,66,79)(H,67,80)(H,68,81)(H,69,82)/t20-,21-,22-,23-,24-,25-,26-,27-,28-,29-,30-,31-,32-,33-,34-,35-,36-,37-,38-,39-,40-,41-,42-,43-,44+,45+,46+,47+,48+,49-,50-,51-,52-,53+,54-,55+,56?,57+,58+,59+,60+,61+,62-,63+,64-/m1/s1. The maximum absolute atomic E-state index is 13.1. The zero-order chi connectivity index (χ0) is 84.8. The van der Waals surface area contributed by atoms with Crippen molar-refractivity contribution < 1.29 is 227 Å². The van der Waals surface area contributed by atoms with Gasteiger partial charge in [-0.05, 0) is 0 Å². The molecule has 664 valence electrons. The Kier molecular flexibility index (Phi) is 34.1. The van der Waals surface area contributed by atoms with Crippen molar-refractivity contribution in [2.75, 3.05) is 59.5 Å². The van der Waals surface area contributed by atoms with E-state index >= 15 is 0 Å². The first-order valence-electron chi connectivity index (χ1n) is 36.6. The van der Waals surface area contributed by atoms with Crippen molar-refractivity contribution in [3.63, 3.8) is 0 Å². The first-order valence-corrected chi connectivity index (χ1v) is 36.6. The van der Waals surface area contributed by atoms with Gasteiger partial charge in [0, 0.05) is 34.6 Å². The molecular formula is C64H107N5O46. The molecule has 29 N–H and O–H groups in total. The second kappa shape index (κ2) is 41.5. The van der Waals surface area contributed by atoms with E-state index in [1.54, 1.807) is 0 Å². The third-order valence-corrected chi connectivity index (χ3v) is 20.8. The molecule has 9 aliphatic heterocycles. The summed E-state index contributed by atoms with van der Waals surface area (Å²) in [6.45, 7) is -5.32. The van der Waals surface area contributed by atoms with Gasteiger partial charge >= 0.3 is 0 Å². The lowest BCUT2D eigenvalue weighted by Gasteiger charge is -2.52. The number of carbonyl (C=O) groups is 5. The summed E-state index contributed by atoms with van der Waals surface area (Å²) in [5.74, 6) is -4.43. The summed E-state index contributed by atoms with van der Waals surface area (Å²) in [5.41, 5.74) is 0. The molecule has 51 nitrogen and oxygen atoms in total. The average Bonchev–Trinajstić information content (AvgIpc) is 0.757. The Bertz CT molecular complexity index is 3100. The molecule has 45 atom stereocenters. The van der Waals surface area contributed by atoms with Crippen molar-refractivity contribution in [1.82, 2.24) is 26.6 Å². The Hall–Kier alpha value is -4.29. The molecule has 0 radical (unpaired) electrons. The second-order valence-electron chi connectivity index (χ2n) is 28.9. The van der Waals surface area contributed by atoms with Crippen LogP contribution in [0.3, 0.4) is 0 Å². The lowest BCUT2D eigenvalue weighted by Crippen LogP contribution is -2.71. The minimum absolute atomic E-state index is 0.797. The number of hydrogen-bond acceptors (Lipinski definition) is 46. The van der Waals surface area contributed by atoms with Crippen LogP contribution in [0.4, 0.5) is 0 Å². The molecule has 9 saturated heterocycles. The Balaban J connectivity index is 1.11. The van der Waals surface area contributed by atoms with Gasteiger partial charge in [0.25, 0.3) is 0 Å². The highest BCUT2D eigenvalue weighted by Crippen LogP contribution is 2.41. The summed E-state index contributed by atoms with van der Waals surface area (Å²) in [6.07, 6.45) is -84.8. The number of amides is 5. The van der Waals surface area contributed by atoms with E-state index in [1.807, 2.05) is 0 Å². The molecule has 0 aliphatic carbocycles. The highest BCUT2D eigenvalue weighted by atomic mass is 16.8. The van der Waals surface area contributed by atoms with Gasteiger partial charge in [-0.3, -0.25) is 24.0 Å². The quantitative estimate of drug-likeness (QED) is 0.0318. The summed E-state index contributed by atoms with van der Waals surface area (Å²) < 4.78 is 102. The van der Waals surface area contributed by atoms with Crippen LogP contribution in [0.2, 0.25) is 0 Å². The van der Waals surface area contributed by atoms with E-state index < -0.39 is 365 Å². The number of ether oxygens (including phenoxy) is 17. The molecule has 9 fully saturated rings. The summed E-state index contributed by atoms with van der Waals surface area (Å²) >= 11 is 0. The van der Waals surface area contributed by atoms with Crippen LogP contribution in [-0.2, 0) is 104 Å². The third kappa shape index (κ3) is 21.3. The molecule has 0 aromatic carbocycles. The number of aliphatic hydroxyl groups excluding tert-OH is 24. The number of hydrogen-bond donors (Lipinski definition) is 29. The van der Waals surface area contributed by atoms with E-state index in [-0.39, 0.29) is 0 Å². The molecule has 9 heterocycles. The summed E-state index contributed by atoms with van der Waals surface area (Å²) in [4.78, 5) is 63.2. The molecule has 0 aromatic rings. The van der Waals surface area contributed by atoms with Gasteiger partial charge in [-0.1, -0.05) is 0 Å². The second-order valence-corrected chi connectivity index (χ2v) is 28.9. The highest BCUT2D eigenvalue weighted by molar-refractivity contribution is 5.75. The smallest absolute Gasteiger partial charge is 0.217 e. The van der Waals surface area contributed by atoms with Crippen LogP contribution in [0.15, 0.2) is 0 Å². The molecule has 0 spiro atoms. The van der Waals surface area contributed by atoms with Gasteiger partial charge < -0.3 is 230 Å². The molecule has 9 aliphatic rings. The summed E-state index contributed by atoms with van der Waals surface area (Å²) in [6, 6.07) is -9.08. The molecule has 1 unspecified atom stereocenters. The van der Waals surface area contributed by atoms with Crippen LogP contribution in [0.25, 0.3) is 0 Å². The Morgan fingerprint density at radius 3 is 0.913 bits per heavy atom. The molecule has 51 heteroatoms. The van der Waals surface area contributed by atoms with Crippen LogP contribution in [0, 0.1) is 0 Å². The SMILES string of the molecule is CC(=O)N[C@H]1[C@H](O[C@H]2[C@H](O)[C@@H](NC(C)=O)C(O)O[C@@H]2CO)O[C@H](CO)[C@@H](O[C@@H]2O[C@H](CO[C@H]3O[C@H](CO)[C@@H](O[C@@H]4O[C@H](CO)[C@@H](O)[C@H](O)[C@H]4NC(C)=O)[C@H](O[C@H]4O[C@H](CO)[C@@H](O)[C@H](O)[C@@H]4O)[C@@H]3O)[C@@H](O)[C@H](O[C@H]3O[C@H](CO)[C@@H](O[C@@H]4O[C@H](CO)[C@@H](O)[C@H](O)[C@H]4NC(C)=O)[C@H](O)[C@@H]3O[C@@H]3O[C@H](CO)[C@@H](O)[C@H](O)[C@H]3NC(C)=O)[C@@H]2O)[C@@H]1O. The van der Waals surface area contributed by atoms with E-state index in [0.717, 1.165) is 34.6 Å². The van der Waals surface area contributed by atoms with Gasteiger partial charge in [-0.15, -0.1) is 0 Å². The van der Waals surface area contributed by atoms with Crippen LogP contribution in [-0.4, -0.2) is 488 Å². The van der Waals surface area contributed by atoms with Gasteiger partial charge in [0.05, 0.1) is 59.5 Å². The third-order valence-electron chi connectivity index (χ3n) is 20.8. The van der Waals surface area contributed by atoms with Crippen molar-refractivity contribution >= 4 is 29.5 Å². The predicted molar refractivity (Wildman–Crippen MR) is 355 cm³/mol. The van der Waals surface area contributed by atoms with Gasteiger partial charge in [0.1, 0.15) is 219 Å². The molecule has 115 heavy (non-hydrogen) atoms. The molecular weight excluding hydrogens is 1570 g/mol. The molecule has 0 aromatic heterocycles. The maximum atomic E-state index is 13.1. The van der Waals surface area contributed by atoms with E-state index in [1.165, 1.54) is 0 Å². The molecule has 5 amide bonds. The number of rotatable bonds is 30. The van der Waals surface area contributed by atoms with E-state index in [9.17, 15) is 147 Å². The first kappa shape index (κ1) is 94.6. The monoisotopic (exact) mass is 1680 g/mol. The van der Waals surface area contributed by atoms with Crippen LogP contribution < -0.4 is 26.6 Å². The van der Waals surface area contributed by atoms with Crippen LogP contribution in [0.5, 0.6) is 0 Å². The van der Waals surface area contributed by atoms with Gasteiger partial charge in [0.2, 0.25) is 29.5 Å². The number of nitrogens with one attached hydrogen (secondary N) is 5. The van der Waals surface area contributed by atoms with Crippen LogP contribution in [0.1, 0.15) is 34.6 Å². The normalized spacial score (nSPS) is 47.9. The van der Waals surface area contributed by atoms with Gasteiger partial charge in [-0.25, -0.2) is 0 Å². The molecule has 9 rings (SSSR count).